The molecule has 0 fully saturated rings. The number of carbonyl (C=O) groups excluding carboxylic acids is 1. The molecule has 0 saturated heterocycles. The van der Waals surface area contributed by atoms with Crippen molar-refractivity contribution in [3.05, 3.63) is 0 Å². The van der Waals surface area contributed by atoms with Crippen molar-refractivity contribution in [2.24, 2.45) is 0 Å². The van der Waals surface area contributed by atoms with Crippen LogP contribution in [-0.2, 0) is 14.3 Å². The van der Waals surface area contributed by atoms with Crippen molar-refractivity contribution in [3.63, 3.8) is 0 Å². The van der Waals surface area contributed by atoms with E-state index in [4.69, 9.17) is 14.6 Å². The summed E-state index contributed by atoms with van der Waals surface area (Å²) in [7, 11) is 0. The lowest BCUT2D eigenvalue weighted by atomic mass is 10.2. The van der Waals surface area contributed by atoms with E-state index in [1.165, 1.54) is 0 Å². The minimum absolute atomic E-state index is 0.0156. The molecule has 1 amide bonds. The number of carboxylic acid groups (broad SMARTS) is 1. The van der Waals surface area contributed by atoms with Gasteiger partial charge < -0.3 is 25.0 Å². The van der Waals surface area contributed by atoms with Gasteiger partial charge in [-0.2, -0.15) is 0 Å². The standard InChI is InChI=1S/C11H21NO6/c1-11(2,3)18-10(16)12-6-7-17-9(15)5-4-8(13)14/h9,15H,4-7H2,1-3H3,(H,12,16)(H,13,14). The van der Waals surface area contributed by atoms with Crippen molar-refractivity contribution in [1.29, 1.82) is 0 Å². The third kappa shape index (κ3) is 11.2. The molecule has 0 saturated carbocycles. The summed E-state index contributed by atoms with van der Waals surface area (Å²) >= 11 is 0. The number of nitrogens with one attached hydrogen (secondary N) is 1. The number of hydrogen-bond donors (Lipinski definition) is 3. The highest BCUT2D eigenvalue weighted by Crippen LogP contribution is 2.06. The molecule has 0 aromatic carbocycles. The maximum Gasteiger partial charge on any atom is 0.407 e. The van der Waals surface area contributed by atoms with Crippen LogP contribution in [0.25, 0.3) is 0 Å². The lowest BCUT2D eigenvalue weighted by Gasteiger charge is -2.19. The van der Waals surface area contributed by atoms with Gasteiger partial charge in [-0.3, -0.25) is 4.79 Å². The van der Waals surface area contributed by atoms with Gasteiger partial charge in [-0.1, -0.05) is 0 Å². The first kappa shape index (κ1) is 16.7. The van der Waals surface area contributed by atoms with E-state index in [-0.39, 0.29) is 26.0 Å². The second kappa shape index (κ2) is 7.88. The highest BCUT2D eigenvalue weighted by Gasteiger charge is 2.15. The lowest BCUT2D eigenvalue weighted by molar-refractivity contribution is -0.142. The molecule has 7 heteroatoms. The maximum atomic E-state index is 11.2. The van der Waals surface area contributed by atoms with Gasteiger partial charge in [0.1, 0.15) is 5.60 Å². The van der Waals surface area contributed by atoms with Crippen LogP contribution in [-0.4, -0.2) is 47.3 Å². The molecule has 106 valence electrons. The first-order valence-corrected chi connectivity index (χ1v) is 5.69. The molecule has 0 aromatic heterocycles. The summed E-state index contributed by atoms with van der Waals surface area (Å²) in [6.07, 6.45) is -1.85. The van der Waals surface area contributed by atoms with E-state index >= 15 is 0 Å². The second-order valence-corrected chi connectivity index (χ2v) is 4.69. The number of rotatable bonds is 7. The molecule has 0 aliphatic carbocycles. The average Bonchev–Trinajstić information content (AvgIpc) is 2.19. The van der Waals surface area contributed by atoms with Crippen LogP contribution >= 0.6 is 0 Å². The van der Waals surface area contributed by atoms with Gasteiger partial charge in [0.05, 0.1) is 13.0 Å². The molecular formula is C11H21NO6. The normalized spacial score (nSPS) is 12.9. The van der Waals surface area contributed by atoms with E-state index in [0.717, 1.165) is 0 Å². The Morgan fingerprint density at radius 2 is 1.94 bits per heavy atom. The monoisotopic (exact) mass is 263 g/mol. The summed E-state index contributed by atoms with van der Waals surface area (Å²) < 4.78 is 9.87. The van der Waals surface area contributed by atoms with Gasteiger partial charge in [-0.25, -0.2) is 4.79 Å². The SMILES string of the molecule is CC(C)(C)OC(=O)NCCOC(O)CCC(=O)O. The summed E-state index contributed by atoms with van der Waals surface area (Å²) in [6, 6.07) is 0. The molecule has 0 aliphatic rings. The zero-order valence-corrected chi connectivity index (χ0v) is 10.9. The van der Waals surface area contributed by atoms with Crippen LogP contribution < -0.4 is 5.32 Å². The molecule has 1 atom stereocenters. The molecule has 1 unspecified atom stereocenters. The Morgan fingerprint density at radius 3 is 2.44 bits per heavy atom. The Kier molecular flexibility index (Phi) is 7.30. The maximum absolute atomic E-state index is 11.2. The zero-order valence-electron chi connectivity index (χ0n) is 10.9. The van der Waals surface area contributed by atoms with E-state index in [1.54, 1.807) is 20.8 Å². The highest BCUT2D eigenvalue weighted by atomic mass is 16.6. The molecule has 18 heavy (non-hydrogen) atoms. The molecule has 0 radical (unpaired) electrons. The number of carboxylic acids is 1. The summed E-state index contributed by atoms with van der Waals surface area (Å²) in [5.41, 5.74) is -0.564. The van der Waals surface area contributed by atoms with Crippen LogP contribution in [0, 0.1) is 0 Å². The summed E-state index contributed by atoms with van der Waals surface area (Å²) in [4.78, 5) is 21.4. The summed E-state index contributed by atoms with van der Waals surface area (Å²) in [6.45, 7) is 5.51. The van der Waals surface area contributed by atoms with Crippen LogP contribution in [0.4, 0.5) is 4.79 Å². The average molecular weight is 263 g/mol. The van der Waals surface area contributed by atoms with Crippen LogP contribution in [0.15, 0.2) is 0 Å². The Bertz CT molecular complexity index is 273. The van der Waals surface area contributed by atoms with Crippen molar-refractivity contribution in [3.8, 4) is 0 Å². The fourth-order valence-corrected chi connectivity index (χ4v) is 0.993. The van der Waals surface area contributed by atoms with Crippen molar-refractivity contribution in [2.75, 3.05) is 13.2 Å². The number of alkyl carbamates (subject to hydrolysis) is 1. The van der Waals surface area contributed by atoms with Crippen molar-refractivity contribution < 1.29 is 29.3 Å². The second-order valence-electron chi connectivity index (χ2n) is 4.69. The predicted octanol–water partition coefficient (Wildman–Crippen LogP) is 0.711. The van der Waals surface area contributed by atoms with Gasteiger partial charge in [0.25, 0.3) is 0 Å². The van der Waals surface area contributed by atoms with Gasteiger partial charge in [0.15, 0.2) is 6.29 Å². The number of aliphatic hydroxyl groups excluding tert-OH is 1. The third-order valence-corrected chi connectivity index (χ3v) is 1.69. The van der Waals surface area contributed by atoms with Crippen molar-refractivity contribution >= 4 is 12.1 Å². The molecule has 0 spiro atoms. The number of hydrogen-bond acceptors (Lipinski definition) is 5. The Morgan fingerprint density at radius 1 is 1.33 bits per heavy atom. The third-order valence-electron chi connectivity index (χ3n) is 1.69. The van der Waals surface area contributed by atoms with E-state index < -0.39 is 24.0 Å². The number of aliphatic hydroxyl groups is 1. The van der Waals surface area contributed by atoms with E-state index in [1.807, 2.05) is 0 Å². The van der Waals surface area contributed by atoms with Gasteiger partial charge in [0, 0.05) is 13.0 Å². The summed E-state index contributed by atoms with van der Waals surface area (Å²) in [5, 5.41) is 20.0. The van der Waals surface area contributed by atoms with E-state index in [2.05, 4.69) is 5.32 Å². The van der Waals surface area contributed by atoms with Crippen molar-refractivity contribution in [2.45, 2.75) is 45.5 Å². The fourth-order valence-electron chi connectivity index (χ4n) is 0.993. The van der Waals surface area contributed by atoms with E-state index in [0.29, 0.717) is 0 Å². The van der Waals surface area contributed by atoms with Gasteiger partial charge >= 0.3 is 12.1 Å². The van der Waals surface area contributed by atoms with Gasteiger partial charge in [-0.15, -0.1) is 0 Å². The van der Waals surface area contributed by atoms with Crippen LogP contribution in [0.5, 0.6) is 0 Å². The number of amides is 1. The number of carbonyl (C=O) groups is 2. The minimum atomic E-state index is -1.14. The van der Waals surface area contributed by atoms with Crippen LogP contribution in [0.2, 0.25) is 0 Å². The molecule has 0 bridgehead atoms. The highest BCUT2D eigenvalue weighted by molar-refractivity contribution is 5.67. The van der Waals surface area contributed by atoms with Gasteiger partial charge in [-0.05, 0) is 20.8 Å². The molecular weight excluding hydrogens is 242 g/mol. The first-order chi connectivity index (χ1) is 8.20. The molecule has 0 heterocycles. The van der Waals surface area contributed by atoms with Crippen LogP contribution in [0.1, 0.15) is 33.6 Å². The van der Waals surface area contributed by atoms with E-state index in [9.17, 15) is 14.7 Å². The first-order valence-electron chi connectivity index (χ1n) is 5.69. The largest absolute Gasteiger partial charge is 0.481 e. The Hall–Kier alpha value is -1.34. The lowest BCUT2D eigenvalue weighted by Crippen LogP contribution is -2.34. The molecule has 0 aromatic rings. The number of aliphatic carboxylic acids is 1. The minimum Gasteiger partial charge on any atom is -0.481 e. The molecule has 0 rings (SSSR count). The number of ether oxygens (including phenoxy) is 2. The fraction of sp³-hybridized carbons (Fsp3) is 0.818. The quantitative estimate of drug-likeness (QED) is 0.461. The molecule has 0 aliphatic heterocycles. The Labute approximate surface area is 106 Å². The topological polar surface area (TPSA) is 105 Å². The zero-order chi connectivity index (χ0) is 14.2. The molecule has 3 N–H and O–H groups in total. The molecule has 7 nitrogen and oxygen atoms in total. The Balaban J connectivity index is 3.55. The smallest absolute Gasteiger partial charge is 0.407 e. The summed E-state index contributed by atoms with van der Waals surface area (Å²) in [5.74, 6) is -0.996. The predicted molar refractivity (Wildman–Crippen MR) is 63.1 cm³/mol. The van der Waals surface area contributed by atoms with Crippen molar-refractivity contribution in [1.82, 2.24) is 5.32 Å². The van der Waals surface area contributed by atoms with Gasteiger partial charge in [0.2, 0.25) is 0 Å². The van der Waals surface area contributed by atoms with Crippen LogP contribution in [0.3, 0.4) is 0 Å².